The van der Waals surface area contributed by atoms with Gasteiger partial charge in [0, 0.05) is 0 Å². The third kappa shape index (κ3) is 1.91. The van der Waals surface area contributed by atoms with Gasteiger partial charge in [-0.15, -0.1) is 0 Å². The molecule has 2 aromatic carbocycles. The second kappa shape index (κ2) is 4.01. The molecule has 1 aliphatic heterocycles. The highest BCUT2D eigenvalue weighted by atomic mass is 19.1. The van der Waals surface area contributed by atoms with Crippen molar-refractivity contribution in [3.8, 4) is 0 Å². The Kier molecular flexibility index (Phi) is 2.37. The van der Waals surface area contributed by atoms with Crippen LogP contribution in [-0.4, -0.2) is 6.21 Å². The van der Waals surface area contributed by atoms with E-state index < -0.39 is 0 Å². The number of hydrogen-bond donors (Lipinski definition) is 0. The first kappa shape index (κ1) is 10.0. The van der Waals surface area contributed by atoms with Gasteiger partial charge >= 0.3 is 0 Å². The van der Waals surface area contributed by atoms with Crippen molar-refractivity contribution >= 4 is 11.9 Å². The zero-order valence-corrected chi connectivity index (χ0v) is 9.18. The summed E-state index contributed by atoms with van der Waals surface area (Å²) in [7, 11) is 0. The van der Waals surface area contributed by atoms with Crippen LogP contribution in [0.15, 0.2) is 53.6 Å². The lowest BCUT2D eigenvalue weighted by Crippen LogP contribution is -2.20. The predicted octanol–water partition coefficient (Wildman–Crippen LogP) is 3.18. The van der Waals surface area contributed by atoms with Gasteiger partial charge in [-0.3, -0.25) is 5.01 Å². The van der Waals surface area contributed by atoms with Gasteiger partial charge in [0.15, 0.2) is 0 Å². The minimum absolute atomic E-state index is 0.239. The number of benzene rings is 2. The summed E-state index contributed by atoms with van der Waals surface area (Å²) in [5.41, 5.74) is 3.10. The molecule has 84 valence electrons. The SMILES string of the molecule is Fc1cccc(N2Cc3ccccc3C=N2)c1. The lowest BCUT2D eigenvalue weighted by molar-refractivity contribution is 0.626. The summed E-state index contributed by atoms with van der Waals surface area (Å²) in [5.74, 6) is -0.239. The monoisotopic (exact) mass is 226 g/mol. The third-order valence-electron chi connectivity index (χ3n) is 2.82. The summed E-state index contributed by atoms with van der Waals surface area (Å²) in [4.78, 5) is 0. The van der Waals surface area contributed by atoms with Gasteiger partial charge in [0.1, 0.15) is 5.82 Å². The molecule has 0 saturated heterocycles. The normalized spacial score (nSPS) is 13.6. The highest BCUT2D eigenvalue weighted by Crippen LogP contribution is 2.22. The first-order valence-electron chi connectivity index (χ1n) is 5.48. The van der Waals surface area contributed by atoms with Gasteiger partial charge in [0.2, 0.25) is 0 Å². The Labute approximate surface area is 99.0 Å². The number of fused-ring (bicyclic) bond motifs is 1. The maximum absolute atomic E-state index is 13.1. The number of nitrogens with zero attached hydrogens (tertiary/aromatic N) is 2. The molecular formula is C14H11FN2. The largest absolute Gasteiger partial charge is 0.261 e. The van der Waals surface area contributed by atoms with Crippen LogP contribution < -0.4 is 5.01 Å². The van der Waals surface area contributed by atoms with Gasteiger partial charge < -0.3 is 0 Å². The topological polar surface area (TPSA) is 15.6 Å². The van der Waals surface area contributed by atoms with Crippen LogP contribution in [0.3, 0.4) is 0 Å². The molecule has 0 fully saturated rings. The molecule has 3 rings (SSSR count). The van der Waals surface area contributed by atoms with Crippen LogP contribution in [0, 0.1) is 5.82 Å². The zero-order chi connectivity index (χ0) is 11.7. The van der Waals surface area contributed by atoms with Gasteiger partial charge in [-0.05, 0) is 29.3 Å². The van der Waals surface area contributed by atoms with E-state index in [0.29, 0.717) is 6.54 Å². The summed E-state index contributed by atoms with van der Waals surface area (Å²) in [5, 5.41) is 6.12. The minimum atomic E-state index is -0.239. The molecule has 0 aliphatic carbocycles. The molecule has 0 atom stereocenters. The van der Waals surface area contributed by atoms with E-state index in [2.05, 4.69) is 11.2 Å². The van der Waals surface area contributed by atoms with Crippen molar-refractivity contribution in [2.24, 2.45) is 5.10 Å². The van der Waals surface area contributed by atoms with E-state index in [1.54, 1.807) is 11.1 Å². The average Bonchev–Trinajstić information content (AvgIpc) is 2.38. The standard InChI is InChI=1S/C14H11FN2/c15-13-6-3-7-14(8-13)17-10-12-5-2-1-4-11(12)9-16-17/h1-9H,10H2. The van der Waals surface area contributed by atoms with Gasteiger partial charge in [-0.25, -0.2) is 4.39 Å². The fraction of sp³-hybridized carbons (Fsp3) is 0.0714. The lowest BCUT2D eigenvalue weighted by atomic mass is 10.1. The van der Waals surface area contributed by atoms with Crippen molar-refractivity contribution < 1.29 is 4.39 Å². The minimum Gasteiger partial charge on any atom is -0.261 e. The Bertz CT molecular complexity index is 578. The number of rotatable bonds is 1. The van der Waals surface area contributed by atoms with Crippen LogP contribution in [0.4, 0.5) is 10.1 Å². The Balaban J connectivity index is 1.95. The number of anilines is 1. The Hall–Kier alpha value is -2.16. The van der Waals surface area contributed by atoms with Crippen molar-refractivity contribution in [3.05, 3.63) is 65.5 Å². The Morgan fingerprint density at radius 3 is 2.82 bits per heavy atom. The maximum atomic E-state index is 13.1. The van der Waals surface area contributed by atoms with Crippen LogP contribution in [0.25, 0.3) is 0 Å². The molecule has 0 spiro atoms. The first-order valence-corrected chi connectivity index (χ1v) is 5.48. The summed E-state index contributed by atoms with van der Waals surface area (Å²) in [6, 6.07) is 14.6. The van der Waals surface area contributed by atoms with E-state index in [1.165, 1.54) is 17.7 Å². The first-order chi connectivity index (χ1) is 8.33. The van der Waals surface area contributed by atoms with Gasteiger partial charge in [0.05, 0.1) is 18.4 Å². The maximum Gasteiger partial charge on any atom is 0.125 e. The van der Waals surface area contributed by atoms with Crippen LogP contribution in [0.2, 0.25) is 0 Å². The summed E-state index contributed by atoms with van der Waals surface area (Å²) in [6.07, 6.45) is 1.81. The van der Waals surface area contributed by atoms with E-state index in [9.17, 15) is 4.39 Å². The van der Waals surface area contributed by atoms with Gasteiger partial charge in [-0.1, -0.05) is 30.3 Å². The highest BCUT2D eigenvalue weighted by Gasteiger charge is 2.12. The van der Waals surface area contributed by atoms with Crippen LogP contribution in [-0.2, 0) is 6.54 Å². The van der Waals surface area contributed by atoms with Gasteiger partial charge in [0.25, 0.3) is 0 Å². The summed E-state index contributed by atoms with van der Waals surface area (Å²) < 4.78 is 13.1. The molecule has 2 aromatic rings. The van der Waals surface area contributed by atoms with E-state index in [-0.39, 0.29) is 5.82 Å². The van der Waals surface area contributed by atoms with Crippen LogP contribution in [0.1, 0.15) is 11.1 Å². The molecule has 1 heterocycles. The van der Waals surface area contributed by atoms with Gasteiger partial charge in [-0.2, -0.15) is 5.10 Å². The average molecular weight is 226 g/mol. The van der Waals surface area contributed by atoms with Crippen molar-refractivity contribution in [1.29, 1.82) is 0 Å². The second-order valence-electron chi connectivity index (χ2n) is 3.98. The zero-order valence-electron chi connectivity index (χ0n) is 9.18. The molecule has 3 heteroatoms. The number of halogens is 1. The third-order valence-corrected chi connectivity index (χ3v) is 2.82. The molecule has 0 bridgehead atoms. The number of hydrazone groups is 1. The highest BCUT2D eigenvalue weighted by molar-refractivity contribution is 5.84. The predicted molar refractivity (Wildman–Crippen MR) is 66.6 cm³/mol. The van der Waals surface area contributed by atoms with E-state index in [1.807, 2.05) is 30.5 Å². The van der Waals surface area contributed by atoms with Crippen molar-refractivity contribution in [1.82, 2.24) is 0 Å². The quantitative estimate of drug-likeness (QED) is 0.729. The fourth-order valence-corrected chi connectivity index (χ4v) is 1.93. The second-order valence-corrected chi connectivity index (χ2v) is 3.98. The molecule has 2 nitrogen and oxygen atoms in total. The molecule has 0 aromatic heterocycles. The molecule has 0 radical (unpaired) electrons. The molecule has 0 amide bonds. The van der Waals surface area contributed by atoms with Crippen LogP contribution in [0.5, 0.6) is 0 Å². The van der Waals surface area contributed by atoms with Crippen molar-refractivity contribution in [3.63, 3.8) is 0 Å². The van der Waals surface area contributed by atoms with Crippen molar-refractivity contribution in [2.45, 2.75) is 6.54 Å². The summed E-state index contributed by atoms with van der Waals surface area (Å²) in [6.45, 7) is 0.677. The Morgan fingerprint density at radius 2 is 1.94 bits per heavy atom. The fourth-order valence-electron chi connectivity index (χ4n) is 1.93. The molecule has 17 heavy (non-hydrogen) atoms. The number of hydrogen-bond acceptors (Lipinski definition) is 2. The lowest BCUT2D eigenvalue weighted by Gasteiger charge is -2.23. The van der Waals surface area contributed by atoms with Crippen molar-refractivity contribution in [2.75, 3.05) is 5.01 Å². The van der Waals surface area contributed by atoms with Crippen LogP contribution >= 0.6 is 0 Å². The smallest absolute Gasteiger partial charge is 0.125 e. The molecular weight excluding hydrogens is 215 g/mol. The molecule has 0 N–H and O–H groups in total. The van der Waals surface area contributed by atoms with E-state index in [0.717, 1.165) is 11.3 Å². The summed E-state index contributed by atoms with van der Waals surface area (Å²) >= 11 is 0. The molecule has 0 unspecified atom stereocenters. The molecule has 1 aliphatic rings. The molecule has 0 saturated carbocycles. The van der Waals surface area contributed by atoms with E-state index >= 15 is 0 Å². The van der Waals surface area contributed by atoms with E-state index in [4.69, 9.17) is 0 Å². The Morgan fingerprint density at radius 1 is 1.06 bits per heavy atom.